The fourth-order valence-electron chi connectivity index (χ4n) is 3.68. The third-order valence-electron chi connectivity index (χ3n) is 4.53. The molecule has 1 heterocycles. The lowest BCUT2D eigenvalue weighted by Crippen LogP contribution is -2.22. The van der Waals surface area contributed by atoms with Crippen LogP contribution in [0.2, 0.25) is 0 Å². The molecule has 0 aromatic heterocycles. The van der Waals surface area contributed by atoms with Gasteiger partial charge >= 0.3 is 5.97 Å². The minimum atomic E-state index is -0.155. The molecular weight excluding hydrogens is 236 g/mol. The number of carbonyl (C=O) groups is 1. The van der Waals surface area contributed by atoms with Gasteiger partial charge < -0.3 is 4.74 Å². The van der Waals surface area contributed by atoms with Gasteiger partial charge in [0, 0.05) is 11.3 Å². The highest BCUT2D eigenvalue weighted by molar-refractivity contribution is 5.85. The molecule has 2 nitrogen and oxygen atoms in total. The number of ether oxygens (including phenoxy) is 1. The second-order valence-electron chi connectivity index (χ2n) is 5.32. The van der Waals surface area contributed by atoms with Gasteiger partial charge in [0.1, 0.15) is 0 Å². The monoisotopic (exact) mass is 250 g/mol. The third kappa shape index (κ3) is 1.29. The normalized spacial score (nSPS) is 26.6. The summed E-state index contributed by atoms with van der Waals surface area (Å²) in [6, 6.07) is 20.7. The minimum absolute atomic E-state index is 0.00250. The van der Waals surface area contributed by atoms with Crippen molar-refractivity contribution in [3.8, 4) is 0 Å². The zero-order valence-electron chi connectivity index (χ0n) is 10.5. The SMILES string of the molecule is O=C1OC[C@@H]2[C@H]1C2(c1ccccc1)c1ccccc1. The van der Waals surface area contributed by atoms with Gasteiger partial charge in [0.05, 0.1) is 12.5 Å². The van der Waals surface area contributed by atoms with Crippen LogP contribution in [0.3, 0.4) is 0 Å². The molecule has 0 amide bonds. The summed E-state index contributed by atoms with van der Waals surface area (Å²) in [7, 11) is 0. The molecule has 2 heteroatoms. The van der Waals surface area contributed by atoms with Gasteiger partial charge in [-0.05, 0) is 11.1 Å². The standard InChI is InChI=1S/C17H14O2/c18-16-15-14(11-19-16)17(15,12-7-3-1-4-8-12)13-9-5-2-6-10-13/h1-10,14-15H,11H2/t14-,15-/m1/s1. The third-order valence-corrected chi connectivity index (χ3v) is 4.53. The Morgan fingerprint density at radius 2 is 1.42 bits per heavy atom. The van der Waals surface area contributed by atoms with Crippen LogP contribution < -0.4 is 0 Å². The molecule has 2 atom stereocenters. The van der Waals surface area contributed by atoms with E-state index in [4.69, 9.17) is 4.74 Å². The first kappa shape index (κ1) is 10.8. The quantitative estimate of drug-likeness (QED) is 0.766. The van der Waals surface area contributed by atoms with Gasteiger partial charge in [-0.2, -0.15) is 0 Å². The highest BCUT2D eigenvalue weighted by atomic mass is 16.5. The number of benzene rings is 2. The first-order valence-corrected chi connectivity index (χ1v) is 6.63. The van der Waals surface area contributed by atoms with E-state index < -0.39 is 0 Å². The Morgan fingerprint density at radius 1 is 0.895 bits per heavy atom. The number of rotatable bonds is 2. The molecule has 0 bridgehead atoms. The molecule has 0 spiro atoms. The van der Waals surface area contributed by atoms with Crippen molar-refractivity contribution in [1.29, 1.82) is 0 Å². The van der Waals surface area contributed by atoms with Crippen LogP contribution in [-0.4, -0.2) is 12.6 Å². The zero-order chi connectivity index (χ0) is 12.9. The summed E-state index contributed by atoms with van der Waals surface area (Å²) >= 11 is 0. The van der Waals surface area contributed by atoms with Gasteiger partial charge in [-0.3, -0.25) is 4.79 Å². The zero-order valence-corrected chi connectivity index (χ0v) is 10.5. The number of hydrogen-bond acceptors (Lipinski definition) is 2. The van der Waals surface area contributed by atoms with E-state index in [0.717, 1.165) is 0 Å². The average Bonchev–Trinajstić information content (AvgIpc) is 3.02. The molecule has 0 N–H and O–H groups in total. The summed E-state index contributed by atoms with van der Waals surface area (Å²) in [5.74, 6) is 0.250. The van der Waals surface area contributed by atoms with Gasteiger partial charge in [-0.1, -0.05) is 60.7 Å². The predicted octanol–water partition coefficient (Wildman–Crippen LogP) is 2.78. The fraction of sp³-hybridized carbons (Fsp3) is 0.235. The van der Waals surface area contributed by atoms with Gasteiger partial charge in [0.25, 0.3) is 0 Å². The number of hydrogen-bond donors (Lipinski definition) is 0. The van der Waals surface area contributed by atoms with E-state index in [9.17, 15) is 4.79 Å². The number of carbonyl (C=O) groups excluding carboxylic acids is 1. The van der Waals surface area contributed by atoms with Crippen LogP contribution in [0.25, 0.3) is 0 Å². The summed E-state index contributed by atoms with van der Waals surface area (Å²) in [5.41, 5.74) is 2.30. The van der Waals surface area contributed by atoms with Gasteiger partial charge in [0.2, 0.25) is 0 Å². The Kier molecular flexibility index (Phi) is 2.10. The molecule has 1 saturated carbocycles. The van der Waals surface area contributed by atoms with Crippen LogP contribution in [0.1, 0.15) is 11.1 Å². The van der Waals surface area contributed by atoms with Crippen molar-refractivity contribution in [1.82, 2.24) is 0 Å². The molecule has 0 radical (unpaired) electrons. The van der Waals surface area contributed by atoms with Crippen LogP contribution in [0.15, 0.2) is 60.7 Å². The van der Waals surface area contributed by atoms with E-state index in [1.807, 2.05) is 36.4 Å². The molecule has 2 aromatic carbocycles. The Hall–Kier alpha value is -2.09. The summed E-state index contributed by atoms with van der Waals surface area (Å²) in [6.07, 6.45) is 0. The van der Waals surface area contributed by atoms with Crippen LogP contribution in [0, 0.1) is 11.8 Å². The van der Waals surface area contributed by atoms with E-state index in [0.29, 0.717) is 12.5 Å². The maximum atomic E-state index is 12.0. The predicted molar refractivity (Wildman–Crippen MR) is 71.6 cm³/mol. The topological polar surface area (TPSA) is 26.3 Å². The molecule has 4 rings (SSSR count). The molecule has 0 unspecified atom stereocenters. The summed E-state index contributed by atoms with van der Waals surface area (Å²) in [5, 5.41) is 0. The maximum Gasteiger partial charge on any atom is 0.310 e. The van der Waals surface area contributed by atoms with Crippen molar-refractivity contribution in [2.24, 2.45) is 11.8 Å². The van der Waals surface area contributed by atoms with Gasteiger partial charge in [-0.25, -0.2) is 0 Å². The molecular formula is C17H14O2. The Bertz CT molecular complexity index is 579. The first-order valence-electron chi connectivity index (χ1n) is 6.63. The summed E-state index contributed by atoms with van der Waals surface area (Å²) in [4.78, 5) is 12.0. The first-order chi connectivity index (χ1) is 9.35. The molecule has 2 aliphatic rings. The lowest BCUT2D eigenvalue weighted by molar-refractivity contribution is -0.141. The molecule has 1 saturated heterocycles. The molecule has 19 heavy (non-hydrogen) atoms. The van der Waals surface area contributed by atoms with Crippen molar-refractivity contribution in [3.05, 3.63) is 71.8 Å². The second-order valence-corrected chi connectivity index (χ2v) is 5.32. The minimum Gasteiger partial charge on any atom is -0.465 e. The molecule has 94 valence electrons. The Balaban J connectivity index is 1.90. The van der Waals surface area contributed by atoms with E-state index in [-0.39, 0.29) is 17.3 Å². The van der Waals surface area contributed by atoms with E-state index in [1.165, 1.54) is 11.1 Å². The number of esters is 1. The van der Waals surface area contributed by atoms with Crippen LogP contribution in [0.5, 0.6) is 0 Å². The van der Waals surface area contributed by atoms with Crippen molar-refractivity contribution in [2.75, 3.05) is 6.61 Å². The average molecular weight is 250 g/mol. The lowest BCUT2D eigenvalue weighted by Gasteiger charge is -2.21. The Labute approximate surface area is 112 Å². The highest BCUT2D eigenvalue weighted by Gasteiger charge is 2.73. The van der Waals surface area contributed by atoms with Gasteiger partial charge in [0.15, 0.2) is 0 Å². The second kappa shape index (κ2) is 3.70. The molecule has 2 fully saturated rings. The summed E-state index contributed by atoms with van der Waals surface area (Å²) < 4.78 is 5.17. The van der Waals surface area contributed by atoms with Crippen LogP contribution >= 0.6 is 0 Å². The van der Waals surface area contributed by atoms with E-state index in [2.05, 4.69) is 24.3 Å². The largest absolute Gasteiger partial charge is 0.465 e. The van der Waals surface area contributed by atoms with Gasteiger partial charge in [-0.15, -0.1) is 0 Å². The van der Waals surface area contributed by atoms with Crippen LogP contribution in [0.4, 0.5) is 0 Å². The smallest absolute Gasteiger partial charge is 0.310 e. The summed E-state index contributed by atoms with van der Waals surface area (Å²) in [6.45, 7) is 0.549. The van der Waals surface area contributed by atoms with Crippen molar-refractivity contribution < 1.29 is 9.53 Å². The molecule has 2 aromatic rings. The number of fused-ring (bicyclic) bond motifs is 1. The van der Waals surface area contributed by atoms with E-state index >= 15 is 0 Å². The maximum absolute atomic E-state index is 12.0. The fourth-order valence-corrected chi connectivity index (χ4v) is 3.68. The number of cyclic esters (lactones) is 1. The Morgan fingerprint density at radius 3 is 1.84 bits per heavy atom. The van der Waals surface area contributed by atoms with Crippen molar-refractivity contribution >= 4 is 5.97 Å². The lowest BCUT2D eigenvalue weighted by atomic mass is 9.84. The van der Waals surface area contributed by atoms with E-state index in [1.54, 1.807) is 0 Å². The van der Waals surface area contributed by atoms with Crippen molar-refractivity contribution in [2.45, 2.75) is 5.41 Å². The van der Waals surface area contributed by atoms with Crippen LogP contribution in [-0.2, 0) is 14.9 Å². The molecule has 1 aliphatic heterocycles. The highest BCUT2D eigenvalue weighted by Crippen LogP contribution is 2.66. The van der Waals surface area contributed by atoms with Crippen molar-refractivity contribution in [3.63, 3.8) is 0 Å². The molecule has 1 aliphatic carbocycles.